The minimum atomic E-state index is -0.679. The highest BCUT2D eigenvalue weighted by atomic mass is 16.5. The Balaban J connectivity index is 1.60. The van der Waals surface area contributed by atoms with Crippen molar-refractivity contribution in [2.45, 2.75) is 0 Å². The first-order chi connectivity index (χ1) is 12.5. The first-order valence-electron chi connectivity index (χ1n) is 8.25. The lowest BCUT2D eigenvalue weighted by Gasteiger charge is -2.32. The second-order valence-electron chi connectivity index (χ2n) is 6.16. The number of anilines is 1. The molecule has 8 heteroatoms. The molecule has 1 saturated heterocycles. The number of esters is 1. The first-order valence-corrected chi connectivity index (χ1v) is 8.25. The van der Waals surface area contributed by atoms with Gasteiger partial charge in [-0.25, -0.2) is 9.69 Å². The number of ether oxygens (including phenoxy) is 1. The van der Waals surface area contributed by atoms with Crippen molar-refractivity contribution in [1.82, 2.24) is 9.80 Å². The van der Waals surface area contributed by atoms with E-state index in [1.807, 2.05) is 7.05 Å². The summed E-state index contributed by atoms with van der Waals surface area (Å²) < 4.78 is 5.09. The van der Waals surface area contributed by atoms with Gasteiger partial charge in [-0.1, -0.05) is 6.07 Å². The van der Waals surface area contributed by atoms with Gasteiger partial charge in [0.15, 0.2) is 6.61 Å². The Bertz CT molecular complexity index is 763. The van der Waals surface area contributed by atoms with E-state index in [1.54, 1.807) is 17.0 Å². The van der Waals surface area contributed by atoms with Gasteiger partial charge in [-0.3, -0.25) is 14.4 Å². The topological polar surface area (TPSA) is 87.2 Å². The normalized spacial score (nSPS) is 17.7. The first kappa shape index (κ1) is 17.8. The van der Waals surface area contributed by atoms with E-state index in [9.17, 15) is 19.2 Å². The molecule has 0 N–H and O–H groups in total. The highest BCUT2D eigenvalue weighted by Gasteiger charge is 2.26. The van der Waals surface area contributed by atoms with Crippen molar-refractivity contribution in [2.24, 2.45) is 0 Å². The number of likely N-dealkylation sites (N-methyl/N-ethyl adjacent to an activating group) is 1. The molecule has 0 aromatic heterocycles. The van der Waals surface area contributed by atoms with E-state index in [4.69, 9.17) is 4.74 Å². The molecule has 0 aliphatic carbocycles. The fraction of sp³-hybridized carbons (Fsp3) is 0.333. The van der Waals surface area contributed by atoms with Crippen molar-refractivity contribution in [1.29, 1.82) is 0 Å². The van der Waals surface area contributed by atoms with Gasteiger partial charge in [0, 0.05) is 38.3 Å². The van der Waals surface area contributed by atoms with E-state index in [0.717, 1.165) is 18.0 Å². The highest BCUT2D eigenvalue weighted by molar-refractivity contribution is 6.28. The number of imide groups is 1. The van der Waals surface area contributed by atoms with Crippen LogP contribution in [0.4, 0.5) is 5.69 Å². The zero-order valence-electron chi connectivity index (χ0n) is 14.4. The second kappa shape index (κ2) is 7.49. The second-order valence-corrected chi connectivity index (χ2v) is 6.16. The van der Waals surface area contributed by atoms with Crippen molar-refractivity contribution >= 4 is 29.4 Å². The minimum absolute atomic E-state index is 0.168. The summed E-state index contributed by atoms with van der Waals surface area (Å²) in [5, 5.41) is 0. The van der Waals surface area contributed by atoms with E-state index < -0.39 is 17.8 Å². The van der Waals surface area contributed by atoms with Crippen LogP contribution in [0.5, 0.6) is 0 Å². The summed E-state index contributed by atoms with van der Waals surface area (Å²) in [6, 6.07) is 6.00. The summed E-state index contributed by atoms with van der Waals surface area (Å²) in [7, 11) is 1.99. The average molecular weight is 357 g/mol. The molecule has 1 aromatic rings. The molecule has 2 heterocycles. The van der Waals surface area contributed by atoms with Gasteiger partial charge in [0.25, 0.3) is 17.7 Å². The van der Waals surface area contributed by atoms with Crippen LogP contribution >= 0.6 is 0 Å². The summed E-state index contributed by atoms with van der Waals surface area (Å²) >= 11 is 0. The van der Waals surface area contributed by atoms with Gasteiger partial charge in [-0.15, -0.1) is 0 Å². The van der Waals surface area contributed by atoms with Crippen molar-refractivity contribution in [2.75, 3.05) is 44.7 Å². The van der Waals surface area contributed by atoms with Gasteiger partial charge in [-0.2, -0.15) is 0 Å². The zero-order valence-corrected chi connectivity index (χ0v) is 14.4. The summed E-state index contributed by atoms with van der Waals surface area (Å²) in [4.78, 5) is 52.5. The molecule has 3 rings (SSSR count). The molecule has 1 fully saturated rings. The summed E-state index contributed by atoms with van der Waals surface area (Å²) in [5.74, 6) is -1.85. The highest BCUT2D eigenvalue weighted by Crippen LogP contribution is 2.20. The third kappa shape index (κ3) is 3.80. The number of amides is 3. The van der Waals surface area contributed by atoms with Crippen LogP contribution < -0.4 is 4.90 Å². The SMILES string of the molecule is CN1CCN(C(=O)COC(=O)c2cccc(N3C(=O)C=CC3=O)c2)CC1. The number of carbonyl (C=O) groups is 4. The standard InChI is InChI=1S/C18H19N3O5/c1-19-7-9-20(10-8-19)17(24)12-26-18(25)13-3-2-4-14(11-13)21-15(22)5-6-16(21)23/h2-6,11H,7-10,12H2,1H3. The fourth-order valence-corrected chi connectivity index (χ4v) is 2.78. The molecule has 1 aromatic carbocycles. The number of carbonyl (C=O) groups excluding carboxylic acids is 4. The van der Waals surface area contributed by atoms with Crippen LogP contribution in [-0.4, -0.2) is 73.3 Å². The number of piperazine rings is 1. The van der Waals surface area contributed by atoms with Crippen LogP contribution in [0.15, 0.2) is 36.4 Å². The monoisotopic (exact) mass is 357 g/mol. The molecule has 2 aliphatic heterocycles. The summed E-state index contributed by atoms with van der Waals surface area (Å²) in [6.45, 7) is 2.44. The molecule has 0 bridgehead atoms. The molecule has 0 radical (unpaired) electrons. The smallest absolute Gasteiger partial charge is 0.338 e. The maximum atomic E-state index is 12.2. The Kier molecular flexibility index (Phi) is 5.13. The van der Waals surface area contributed by atoms with Crippen molar-refractivity contribution in [3.8, 4) is 0 Å². The average Bonchev–Trinajstić information content (AvgIpc) is 2.98. The molecule has 2 aliphatic rings. The summed E-state index contributed by atoms with van der Waals surface area (Å²) in [6.07, 6.45) is 2.34. The molecule has 0 saturated carbocycles. The van der Waals surface area contributed by atoms with Crippen LogP contribution in [-0.2, 0) is 19.1 Å². The van der Waals surface area contributed by atoms with Crippen LogP contribution in [0.2, 0.25) is 0 Å². The summed E-state index contributed by atoms with van der Waals surface area (Å²) in [5.41, 5.74) is 0.450. The van der Waals surface area contributed by atoms with Crippen LogP contribution in [0.25, 0.3) is 0 Å². The Labute approximate surface area is 150 Å². The van der Waals surface area contributed by atoms with Crippen LogP contribution in [0.3, 0.4) is 0 Å². The van der Waals surface area contributed by atoms with E-state index in [0.29, 0.717) is 13.1 Å². The Hall–Kier alpha value is -3.00. The lowest BCUT2D eigenvalue weighted by molar-refractivity contribution is -0.136. The van der Waals surface area contributed by atoms with Crippen molar-refractivity contribution in [3.63, 3.8) is 0 Å². The Morgan fingerprint density at radius 3 is 2.35 bits per heavy atom. The van der Waals surface area contributed by atoms with Gasteiger partial charge in [0.05, 0.1) is 11.3 Å². The minimum Gasteiger partial charge on any atom is -0.452 e. The third-order valence-corrected chi connectivity index (χ3v) is 4.33. The molecule has 0 spiro atoms. The van der Waals surface area contributed by atoms with Gasteiger partial charge in [0.1, 0.15) is 0 Å². The lowest BCUT2D eigenvalue weighted by Crippen LogP contribution is -2.48. The number of nitrogens with zero attached hydrogens (tertiary/aromatic N) is 3. The maximum absolute atomic E-state index is 12.2. The van der Waals surface area contributed by atoms with E-state index in [1.165, 1.54) is 24.3 Å². The molecule has 26 heavy (non-hydrogen) atoms. The van der Waals surface area contributed by atoms with E-state index in [-0.39, 0.29) is 23.8 Å². The van der Waals surface area contributed by atoms with Crippen molar-refractivity contribution in [3.05, 3.63) is 42.0 Å². The van der Waals surface area contributed by atoms with Gasteiger partial charge in [0.2, 0.25) is 0 Å². The van der Waals surface area contributed by atoms with Gasteiger partial charge >= 0.3 is 5.97 Å². The predicted octanol–water partition coefficient (Wildman–Crippen LogP) is 0.0468. The number of rotatable bonds is 4. The molecular weight excluding hydrogens is 338 g/mol. The molecule has 3 amide bonds. The number of hydrogen-bond acceptors (Lipinski definition) is 6. The Morgan fingerprint density at radius 1 is 1.04 bits per heavy atom. The molecule has 0 atom stereocenters. The van der Waals surface area contributed by atoms with Crippen molar-refractivity contribution < 1.29 is 23.9 Å². The quantitative estimate of drug-likeness (QED) is 0.559. The van der Waals surface area contributed by atoms with Crippen LogP contribution in [0.1, 0.15) is 10.4 Å². The van der Waals surface area contributed by atoms with Gasteiger partial charge < -0.3 is 14.5 Å². The van der Waals surface area contributed by atoms with Gasteiger partial charge in [-0.05, 0) is 25.2 Å². The Morgan fingerprint density at radius 2 is 1.69 bits per heavy atom. The maximum Gasteiger partial charge on any atom is 0.338 e. The fourth-order valence-electron chi connectivity index (χ4n) is 2.78. The predicted molar refractivity (Wildman–Crippen MR) is 92.4 cm³/mol. The molecule has 8 nitrogen and oxygen atoms in total. The van der Waals surface area contributed by atoms with E-state index >= 15 is 0 Å². The number of hydrogen-bond donors (Lipinski definition) is 0. The largest absolute Gasteiger partial charge is 0.452 e. The van der Waals surface area contributed by atoms with Crippen LogP contribution in [0, 0.1) is 0 Å². The molecular formula is C18H19N3O5. The number of benzene rings is 1. The zero-order chi connectivity index (χ0) is 18.7. The lowest BCUT2D eigenvalue weighted by atomic mass is 10.2. The molecule has 136 valence electrons. The molecule has 0 unspecified atom stereocenters. The van der Waals surface area contributed by atoms with E-state index in [2.05, 4.69) is 4.90 Å². The third-order valence-electron chi connectivity index (χ3n) is 4.33.